The molecule has 1 saturated carbocycles. The lowest BCUT2D eigenvalue weighted by Crippen LogP contribution is -2.21. The molecule has 3 rings (SSSR count). The third-order valence-corrected chi connectivity index (χ3v) is 3.81. The monoisotopic (exact) mass is 347 g/mol. The molecule has 0 radical (unpaired) electrons. The number of aliphatic hydroxyl groups excluding tert-OH is 1. The van der Waals surface area contributed by atoms with Crippen LogP contribution in [0.1, 0.15) is 31.4 Å². The zero-order valence-electron chi connectivity index (χ0n) is 13.6. The quantitative estimate of drug-likeness (QED) is 0.521. The minimum Gasteiger partial charge on any atom is -0.394 e. The van der Waals surface area contributed by atoms with Crippen molar-refractivity contribution in [3.8, 4) is 0 Å². The summed E-state index contributed by atoms with van der Waals surface area (Å²) in [5, 5.41) is 26.2. The van der Waals surface area contributed by atoms with Gasteiger partial charge in [0.2, 0.25) is 5.95 Å². The number of nitro benzene ring substituents is 1. The van der Waals surface area contributed by atoms with Crippen LogP contribution in [0.2, 0.25) is 0 Å². The van der Waals surface area contributed by atoms with Crippen LogP contribution in [-0.4, -0.2) is 32.6 Å². The van der Waals surface area contributed by atoms with Crippen LogP contribution in [-0.2, 0) is 0 Å². The average molecular weight is 347 g/mol. The molecule has 1 aromatic carbocycles. The lowest BCUT2D eigenvalue weighted by Gasteiger charge is -2.14. The summed E-state index contributed by atoms with van der Waals surface area (Å²) in [4.78, 5) is 19.2. The van der Waals surface area contributed by atoms with Crippen molar-refractivity contribution >= 4 is 23.1 Å². The van der Waals surface area contributed by atoms with Crippen molar-refractivity contribution in [2.45, 2.75) is 31.7 Å². The number of anilines is 3. The maximum atomic E-state index is 13.3. The van der Waals surface area contributed by atoms with E-state index < -0.39 is 10.7 Å². The van der Waals surface area contributed by atoms with Gasteiger partial charge in [0.05, 0.1) is 23.3 Å². The standard InChI is InChI=1S/C16H18FN5O3/c1-9(8-23)18-16-20-13(10-2-3-10)7-15(21-16)19-12-5-4-11(17)6-14(12)22(24)25/h4-7,9-10,23H,2-3,8H2,1H3,(H2,18,19,20,21)/t9-/m1/s1. The third kappa shape index (κ3) is 4.18. The van der Waals surface area contributed by atoms with Gasteiger partial charge in [-0.15, -0.1) is 0 Å². The lowest BCUT2D eigenvalue weighted by molar-refractivity contribution is -0.384. The molecule has 0 unspecified atom stereocenters. The number of nitrogens with one attached hydrogen (secondary N) is 2. The number of nitrogens with zero attached hydrogens (tertiary/aromatic N) is 3. The van der Waals surface area contributed by atoms with Gasteiger partial charge in [0.25, 0.3) is 5.69 Å². The van der Waals surface area contributed by atoms with Gasteiger partial charge in [0.1, 0.15) is 17.3 Å². The van der Waals surface area contributed by atoms with Crippen LogP contribution in [0, 0.1) is 15.9 Å². The summed E-state index contributed by atoms with van der Waals surface area (Å²) < 4.78 is 13.3. The van der Waals surface area contributed by atoms with Crippen LogP contribution in [0.25, 0.3) is 0 Å². The van der Waals surface area contributed by atoms with E-state index in [2.05, 4.69) is 20.6 Å². The number of nitro groups is 1. The Morgan fingerprint density at radius 2 is 2.16 bits per heavy atom. The topological polar surface area (TPSA) is 113 Å². The Morgan fingerprint density at radius 1 is 1.40 bits per heavy atom. The number of benzene rings is 1. The van der Waals surface area contributed by atoms with Crippen LogP contribution in [0.5, 0.6) is 0 Å². The SMILES string of the molecule is C[C@H](CO)Nc1nc(Nc2ccc(F)cc2[N+](=O)[O-])cc(C2CC2)n1. The highest BCUT2D eigenvalue weighted by atomic mass is 19.1. The second-order valence-electron chi connectivity index (χ2n) is 6.05. The highest BCUT2D eigenvalue weighted by molar-refractivity contribution is 5.68. The Balaban J connectivity index is 1.92. The molecule has 8 nitrogen and oxygen atoms in total. The van der Waals surface area contributed by atoms with Crippen molar-refractivity contribution in [1.82, 2.24) is 9.97 Å². The number of rotatable bonds is 7. The van der Waals surface area contributed by atoms with E-state index in [9.17, 15) is 19.6 Å². The van der Waals surface area contributed by atoms with Crippen molar-refractivity contribution in [2.75, 3.05) is 17.2 Å². The molecule has 1 heterocycles. The van der Waals surface area contributed by atoms with E-state index in [1.165, 1.54) is 6.07 Å². The van der Waals surface area contributed by atoms with E-state index in [4.69, 9.17) is 0 Å². The molecule has 0 amide bonds. The van der Waals surface area contributed by atoms with Gasteiger partial charge in [-0.25, -0.2) is 9.37 Å². The molecule has 1 atom stereocenters. The summed E-state index contributed by atoms with van der Waals surface area (Å²) in [7, 11) is 0. The van der Waals surface area contributed by atoms with Crippen molar-refractivity contribution in [3.05, 3.63) is 45.9 Å². The van der Waals surface area contributed by atoms with E-state index in [-0.39, 0.29) is 24.0 Å². The van der Waals surface area contributed by atoms with E-state index in [1.54, 1.807) is 13.0 Å². The molecule has 1 fully saturated rings. The first-order chi connectivity index (χ1) is 12.0. The van der Waals surface area contributed by atoms with Gasteiger partial charge in [-0.1, -0.05) is 0 Å². The van der Waals surface area contributed by atoms with Gasteiger partial charge in [-0.05, 0) is 31.9 Å². The molecule has 132 valence electrons. The number of aromatic nitrogens is 2. The zero-order chi connectivity index (χ0) is 18.0. The van der Waals surface area contributed by atoms with E-state index in [0.717, 1.165) is 30.7 Å². The Hall–Kier alpha value is -2.81. The number of halogens is 1. The average Bonchev–Trinajstić information content (AvgIpc) is 3.41. The summed E-state index contributed by atoms with van der Waals surface area (Å²) in [5.74, 6) is 0.368. The molecule has 1 aliphatic rings. The van der Waals surface area contributed by atoms with Crippen molar-refractivity contribution in [2.24, 2.45) is 0 Å². The number of aliphatic hydroxyl groups is 1. The van der Waals surface area contributed by atoms with Crippen molar-refractivity contribution in [1.29, 1.82) is 0 Å². The first-order valence-corrected chi connectivity index (χ1v) is 7.93. The summed E-state index contributed by atoms with van der Waals surface area (Å²) in [6.07, 6.45) is 2.06. The highest BCUT2D eigenvalue weighted by Gasteiger charge is 2.27. The Bertz CT molecular complexity index is 797. The second-order valence-corrected chi connectivity index (χ2v) is 6.05. The Morgan fingerprint density at radius 3 is 2.80 bits per heavy atom. The first kappa shape index (κ1) is 17.0. The molecule has 0 aliphatic heterocycles. The van der Waals surface area contributed by atoms with E-state index in [1.807, 2.05) is 0 Å². The fraction of sp³-hybridized carbons (Fsp3) is 0.375. The van der Waals surface area contributed by atoms with Gasteiger partial charge in [-0.3, -0.25) is 10.1 Å². The summed E-state index contributed by atoms with van der Waals surface area (Å²) in [6, 6.07) is 4.81. The molecular formula is C16H18FN5O3. The molecule has 9 heteroatoms. The van der Waals surface area contributed by atoms with Gasteiger partial charge in [-0.2, -0.15) is 4.98 Å². The normalized spacial score (nSPS) is 14.8. The van der Waals surface area contributed by atoms with Crippen LogP contribution < -0.4 is 10.6 Å². The third-order valence-electron chi connectivity index (χ3n) is 3.81. The largest absolute Gasteiger partial charge is 0.394 e. The van der Waals surface area contributed by atoms with Gasteiger partial charge >= 0.3 is 0 Å². The number of hydrogen-bond donors (Lipinski definition) is 3. The van der Waals surface area contributed by atoms with Crippen LogP contribution >= 0.6 is 0 Å². The van der Waals surface area contributed by atoms with Gasteiger partial charge < -0.3 is 15.7 Å². The molecule has 1 aromatic heterocycles. The van der Waals surface area contributed by atoms with Crippen LogP contribution in [0.3, 0.4) is 0 Å². The zero-order valence-corrected chi connectivity index (χ0v) is 13.6. The van der Waals surface area contributed by atoms with Crippen LogP contribution in [0.4, 0.5) is 27.5 Å². The predicted molar refractivity (Wildman–Crippen MR) is 90.5 cm³/mol. The van der Waals surface area contributed by atoms with E-state index >= 15 is 0 Å². The summed E-state index contributed by atoms with van der Waals surface area (Å²) in [5.41, 5.74) is 0.604. The maximum Gasteiger partial charge on any atom is 0.295 e. The predicted octanol–water partition coefficient (Wildman–Crippen LogP) is 2.94. The summed E-state index contributed by atoms with van der Waals surface area (Å²) >= 11 is 0. The second kappa shape index (κ2) is 6.98. The maximum absolute atomic E-state index is 13.3. The van der Waals surface area contributed by atoms with Crippen LogP contribution in [0.15, 0.2) is 24.3 Å². The number of hydrogen-bond acceptors (Lipinski definition) is 7. The first-order valence-electron chi connectivity index (χ1n) is 7.93. The molecule has 2 aromatic rings. The summed E-state index contributed by atoms with van der Waals surface area (Å²) in [6.45, 7) is 1.70. The molecule has 0 bridgehead atoms. The fourth-order valence-corrected chi connectivity index (χ4v) is 2.35. The van der Waals surface area contributed by atoms with Crippen molar-refractivity contribution < 1.29 is 14.4 Å². The molecule has 3 N–H and O–H groups in total. The highest BCUT2D eigenvalue weighted by Crippen LogP contribution is 2.40. The Kier molecular flexibility index (Phi) is 4.75. The molecular weight excluding hydrogens is 329 g/mol. The lowest BCUT2D eigenvalue weighted by atomic mass is 10.2. The van der Waals surface area contributed by atoms with Gasteiger partial charge in [0, 0.05) is 18.0 Å². The Labute approximate surface area is 143 Å². The molecule has 0 spiro atoms. The van der Waals surface area contributed by atoms with Gasteiger partial charge in [0.15, 0.2) is 0 Å². The fourth-order valence-electron chi connectivity index (χ4n) is 2.35. The minimum atomic E-state index is -0.683. The van der Waals surface area contributed by atoms with Crippen molar-refractivity contribution in [3.63, 3.8) is 0 Å². The molecule has 25 heavy (non-hydrogen) atoms. The minimum absolute atomic E-state index is 0.0801. The van der Waals surface area contributed by atoms with E-state index in [0.29, 0.717) is 17.7 Å². The smallest absolute Gasteiger partial charge is 0.295 e. The molecule has 0 saturated heterocycles. The molecule has 1 aliphatic carbocycles.